The first kappa shape index (κ1) is 25.8. The Kier molecular flexibility index (Phi) is 7.46. The summed E-state index contributed by atoms with van der Waals surface area (Å²) in [6.45, 7) is 5.18. The average molecular weight is 550 g/mol. The van der Waals surface area contributed by atoms with Crippen LogP contribution in [0.5, 0.6) is 23.0 Å². The van der Waals surface area contributed by atoms with Crippen LogP contribution in [-0.4, -0.2) is 28.4 Å². The Morgan fingerprint density at radius 2 is 1.42 bits per heavy atom. The van der Waals surface area contributed by atoms with Gasteiger partial charge in [0.25, 0.3) is 0 Å². The average Bonchev–Trinajstić information content (AvgIpc) is 2.85. The standard InChI is InChI=1S/C30H32NO4.BrH/c1-18-11-19(2)13-20(12-18)14-24-22-7-8-26(32-3)30(35-6)25(22)17-31-10-9-21-15-27(33-4)28(34-5)16-23(21)29(24)31;/h7-8,11-13,15-17H,9-10,14H2,1-6H3;1H/q+1;/p-1. The molecule has 0 saturated heterocycles. The van der Waals surface area contributed by atoms with Gasteiger partial charge in [0.1, 0.15) is 0 Å². The summed E-state index contributed by atoms with van der Waals surface area (Å²) in [5.74, 6) is 3.01. The summed E-state index contributed by atoms with van der Waals surface area (Å²) < 4.78 is 25.1. The number of nitrogens with zero attached hydrogens (tertiary/aromatic N) is 1. The van der Waals surface area contributed by atoms with Crippen LogP contribution in [-0.2, 0) is 19.4 Å². The summed E-state index contributed by atoms with van der Waals surface area (Å²) in [4.78, 5) is 0. The maximum Gasteiger partial charge on any atom is 0.217 e. The van der Waals surface area contributed by atoms with Gasteiger partial charge in [-0.25, -0.2) is 0 Å². The number of rotatable bonds is 6. The summed E-state index contributed by atoms with van der Waals surface area (Å²) in [5.41, 5.74) is 8.77. The number of ether oxygens (including phenoxy) is 4. The van der Waals surface area contributed by atoms with E-state index in [2.05, 4.69) is 61.0 Å². The van der Waals surface area contributed by atoms with Gasteiger partial charge in [0, 0.05) is 23.8 Å². The van der Waals surface area contributed by atoms with Gasteiger partial charge in [-0.3, -0.25) is 0 Å². The Balaban J connectivity index is 0.00000304. The quantitative estimate of drug-likeness (QED) is 0.347. The van der Waals surface area contributed by atoms with E-state index in [1.165, 1.54) is 39.1 Å². The smallest absolute Gasteiger partial charge is 0.217 e. The Morgan fingerprint density at radius 3 is 2.06 bits per heavy atom. The van der Waals surface area contributed by atoms with Crippen molar-refractivity contribution in [3.8, 4) is 34.3 Å². The normalized spacial score (nSPS) is 11.8. The van der Waals surface area contributed by atoms with Crippen molar-refractivity contribution in [1.29, 1.82) is 0 Å². The van der Waals surface area contributed by atoms with Crippen LogP contribution in [0.2, 0.25) is 0 Å². The van der Waals surface area contributed by atoms with Crippen LogP contribution in [0.25, 0.3) is 22.0 Å². The van der Waals surface area contributed by atoms with E-state index in [0.29, 0.717) is 0 Å². The highest BCUT2D eigenvalue weighted by Crippen LogP contribution is 2.43. The maximum atomic E-state index is 5.85. The fourth-order valence-electron chi connectivity index (χ4n) is 5.50. The molecule has 0 spiro atoms. The number of pyridine rings is 1. The first-order valence-corrected chi connectivity index (χ1v) is 11.9. The Bertz CT molecular complexity index is 1430. The zero-order chi connectivity index (χ0) is 24.7. The van der Waals surface area contributed by atoms with E-state index in [1.54, 1.807) is 28.4 Å². The number of aryl methyl sites for hydroxylation is 4. The monoisotopic (exact) mass is 549 g/mol. The molecule has 5 rings (SSSR count). The lowest BCUT2D eigenvalue weighted by Gasteiger charge is -2.22. The molecule has 0 N–H and O–H groups in total. The number of hydrogen-bond donors (Lipinski definition) is 0. The lowest BCUT2D eigenvalue weighted by atomic mass is 9.88. The second-order valence-electron chi connectivity index (χ2n) is 9.20. The molecule has 0 radical (unpaired) electrons. The highest BCUT2D eigenvalue weighted by atomic mass is 79.9. The van der Waals surface area contributed by atoms with E-state index < -0.39 is 0 Å². The highest BCUT2D eigenvalue weighted by molar-refractivity contribution is 5.95. The largest absolute Gasteiger partial charge is 1.00 e. The summed E-state index contributed by atoms with van der Waals surface area (Å²) in [5, 5.41) is 2.22. The zero-order valence-electron chi connectivity index (χ0n) is 21.7. The minimum atomic E-state index is 0. The SMILES string of the molecule is COc1cc2c(cc1OC)-c1c(Cc3cc(C)cc(C)c3)c3ccc(OC)c(OC)c3c[n+]1CC2.[Br-]. The Labute approximate surface area is 223 Å². The van der Waals surface area contributed by atoms with Crippen molar-refractivity contribution in [3.05, 3.63) is 76.5 Å². The van der Waals surface area contributed by atoms with Crippen LogP contribution in [0.4, 0.5) is 0 Å². The first-order chi connectivity index (χ1) is 17.0. The van der Waals surface area contributed by atoms with Crippen LogP contribution >= 0.6 is 0 Å². The lowest BCUT2D eigenvalue weighted by molar-refractivity contribution is -0.686. The number of fused-ring (bicyclic) bond motifs is 4. The summed E-state index contributed by atoms with van der Waals surface area (Å²) in [7, 11) is 6.77. The molecule has 36 heavy (non-hydrogen) atoms. The van der Waals surface area contributed by atoms with E-state index in [0.717, 1.165) is 53.2 Å². The molecule has 0 atom stereocenters. The number of hydrogen-bond acceptors (Lipinski definition) is 4. The van der Waals surface area contributed by atoms with Crippen molar-refractivity contribution in [1.82, 2.24) is 0 Å². The van der Waals surface area contributed by atoms with Crippen molar-refractivity contribution in [2.45, 2.75) is 33.2 Å². The van der Waals surface area contributed by atoms with E-state index in [4.69, 9.17) is 18.9 Å². The van der Waals surface area contributed by atoms with E-state index >= 15 is 0 Å². The van der Waals surface area contributed by atoms with Crippen LogP contribution < -0.4 is 40.5 Å². The first-order valence-electron chi connectivity index (χ1n) is 11.9. The third kappa shape index (κ3) is 4.39. The Hall–Kier alpha value is -3.25. The maximum absolute atomic E-state index is 5.85. The van der Waals surface area contributed by atoms with Gasteiger partial charge in [0.05, 0.1) is 39.4 Å². The third-order valence-corrected chi connectivity index (χ3v) is 6.92. The Morgan fingerprint density at radius 1 is 0.750 bits per heavy atom. The molecule has 0 fully saturated rings. The molecular formula is C30H32BrNO4. The van der Waals surface area contributed by atoms with E-state index in [1.807, 2.05) is 6.07 Å². The van der Waals surface area contributed by atoms with Gasteiger partial charge in [-0.15, -0.1) is 0 Å². The van der Waals surface area contributed by atoms with Gasteiger partial charge >= 0.3 is 0 Å². The molecule has 0 aliphatic carbocycles. The lowest BCUT2D eigenvalue weighted by Crippen LogP contribution is -3.00. The van der Waals surface area contributed by atoms with Crippen molar-refractivity contribution in [2.75, 3.05) is 28.4 Å². The minimum Gasteiger partial charge on any atom is -1.00 e. The molecule has 1 aromatic heterocycles. The number of benzene rings is 3. The molecule has 2 heterocycles. The van der Waals surface area contributed by atoms with Gasteiger partial charge in [-0.05, 0) is 49.2 Å². The fourth-order valence-corrected chi connectivity index (χ4v) is 5.50. The summed E-state index contributed by atoms with van der Waals surface area (Å²) in [6.07, 6.45) is 3.92. The predicted molar refractivity (Wildman–Crippen MR) is 138 cm³/mol. The van der Waals surface area contributed by atoms with Gasteiger partial charge < -0.3 is 35.9 Å². The molecule has 0 saturated carbocycles. The van der Waals surface area contributed by atoms with Crippen LogP contribution in [0.1, 0.15) is 27.8 Å². The molecule has 0 bridgehead atoms. The molecule has 1 aliphatic rings. The van der Waals surface area contributed by atoms with Crippen molar-refractivity contribution in [3.63, 3.8) is 0 Å². The molecule has 188 valence electrons. The molecular weight excluding hydrogens is 518 g/mol. The molecule has 4 aromatic rings. The second kappa shape index (κ2) is 10.4. The molecule has 3 aromatic carbocycles. The van der Waals surface area contributed by atoms with Gasteiger partial charge in [0.15, 0.2) is 35.7 Å². The van der Waals surface area contributed by atoms with Crippen LogP contribution in [0.3, 0.4) is 0 Å². The second-order valence-corrected chi connectivity index (χ2v) is 9.20. The third-order valence-electron chi connectivity index (χ3n) is 6.92. The number of methoxy groups -OCH3 is 4. The van der Waals surface area contributed by atoms with Crippen molar-refractivity contribution >= 4 is 10.8 Å². The zero-order valence-corrected chi connectivity index (χ0v) is 23.3. The van der Waals surface area contributed by atoms with Gasteiger partial charge in [-0.1, -0.05) is 29.3 Å². The van der Waals surface area contributed by atoms with Gasteiger partial charge in [0.2, 0.25) is 5.69 Å². The summed E-state index contributed by atoms with van der Waals surface area (Å²) >= 11 is 0. The van der Waals surface area contributed by atoms with Gasteiger partial charge in [-0.2, -0.15) is 4.57 Å². The predicted octanol–water partition coefficient (Wildman–Crippen LogP) is 2.60. The number of halogens is 1. The van der Waals surface area contributed by atoms with E-state index in [-0.39, 0.29) is 17.0 Å². The van der Waals surface area contributed by atoms with Crippen LogP contribution in [0.15, 0.2) is 48.7 Å². The molecule has 6 heteroatoms. The molecule has 5 nitrogen and oxygen atoms in total. The highest BCUT2D eigenvalue weighted by Gasteiger charge is 2.31. The van der Waals surface area contributed by atoms with Crippen molar-refractivity contribution in [2.24, 2.45) is 0 Å². The molecule has 0 unspecified atom stereocenters. The fraction of sp³-hybridized carbons (Fsp3) is 0.300. The topological polar surface area (TPSA) is 40.8 Å². The summed E-state index contributed by atoms with van der Waals surface area (Å²) in [6, 6.07) is 15.2. The minimum absolute atomic E-state index is 0. The van der Waals surface area contributed by atoms with E-state index in [9.17, 15) is 0 Å². The van der Waals surface area contributed by atoms with Crippen LogP contribution in [0, 0.1) is 13.8 Å². The number of aromatic nitrogens is 1. The molecule has 1 aliphatic heterocycles. The van der Waals surface area contributed by atoms with Crippen molar-refractivity contribution < 1.29 is 40.5 Å². The molecule has 0 amide bonds.